The Kier molecular flexibility index (Phi) is 5.40. The normalized spacial score (nSPS) is 16.1. The van der Waals surface area contributed by atoms with Crippen molar-refractivity contribution in [1.29, 1.82) is 0 Å². The maximum Gasteiger partial charge on any atom is 0.290 e. The Bertz CT molecular complexity index is 1260. The van der Waals surface area contributed by atoms with E-state index in [2.05, 4.69) is 4.98 Å². The SMILES string of the molecule is COc1ccc2[nH]cc(CCN3C(=O)C(O)=C(C(C)=O)[C@H]3c3ccc([N+](=O)[O-])cc3)c2c1. The highest BCUT2D eigenvalue weighted by Crippen LogP contribution is 2.38. The molecule has 0 unspecified atom stereocenters. The number of aliphatic hydroxyl groups is 1. The molecular formula is C23H21N3O6. The van der Waals surface area contributed by atoms with E-state index >= 15 is 0 Å². The summed E-state index contributed by atoms with van der Waals surface area (Å²) in [4.78, 5) is 40.2. The molecule has 0 aliphatic carbocycles. The highest BCUT2D eigenvalue weighted by Gasteiger charge is 2.42. The van der Waals surface area contributed by atoms with E-state index in [0.29, 0.717) is 17.7 Å². The fourth-order valence-electron chi connectivity index (χ4n) is 4.10. The van der Waals surface area contributed by atoms with E-state index in [1.54, 1.807) is 7.11 Å². The van der Waals surface area contributed by atoms with Gasteiger partial charge in [0.25, 0.3) is 11.6 Å². The first kappa shape index (κ1) is 21.1. The fraction of sp³-hybridized carbons (Fsp3) is 0.217. The monoisotopic (exact) mass is 435 g/mol. The molecule has 1 aliphatic heterocycles. The summed E-state index contributed by atoms with van der Waals surface area (Å²) in [7, 11) is 1.59. The van der Waals surface area contributed by atoms with Crippen molar-refractivity contribution >= 4 is 28.3 Å². The van der Waals surface area contributed by atoms with Crippen LogP contribution in [0.25, 0.3) is 10.9 Å². The van der Waals surface area contributed by atoms with E-state index in [4.69, 9.17) is 4.74 Å². The summed E-state index contributed by atoms with van der Waals surface area (Å²) in [5, 5.41) is 22.3. The second-order valence-corrected chi connectivity index (χ2v) is 7.54. The number of aromatic nitrogens is 1. The molecule has 164 valence electrons. The number of hydrogen-bond acceptors (Lipinski definition) is 6. The molecule has 1 aromatic heterocycles. The minimum Gasteiger partial charge on any atom is -0.503 e. The summed E-state index contributed by atoms with van der Waals surface area (Å²) in [6, 6.07) is 10.5. The molecular weight excluding hydrogens is 414 g/mol. The van der Waals surface area contributed by atoms with Crippen molar-refractivity contribution in [1.82, 2.24) is 9.88 Å². The fourth-order valence-corrected chi connectivity index (χ4v) is 4.10. The maximum absolute atomic E-state index is 12.8. The lowest BCUT2D eigenvalue weighted by molar-refractivity contribution is -0.384. The van der Waals surface area contributed by atoms with Crippen molar-refractivity contribution in [2.75, 3.05) is 13.7 Å². The largest absolute Gasteiger partial charge is 0.503 e. The Labute approximate surface area is 183 Å². The van der Waals surface area contributed by atoms with E-state index in [-0.39, 0.29) is 17.8 Å². The number of fused-ring (bicyclic) bond motifs is 1. The van der Waals surface area contributed by atoms with Crippen LogP contribution in [-0.2, 0) is 16.0 Å². The Morgan fingerprint density at radius 2 is 1.97 bits per heavy atom. The van der Waals surface area contributed by atoms with Gasteiger partial charge >= 0.3 is 0 Å². The zero-order valence-electron chi connectivity index (χ0n) is 17.5. The molecule has 0 saturated carbocycles. The average molecular weight is 435 g/mol. The molecule has 0 radical (unpaired) electrons. The predicted octanol–water partition coefficient (Wildman–Crippen LogP) is 3.61. The summed E-state index contributed by atoms with van der Waals surface area (Å²) < 4.78 is 5.29. The van der Waals surface area contributed by atoms with Crippen LogP contribution in [0.1, 0.15) is 24.1 Å². The quantitative estimate of drug-likeness (QED) is 0.431. The topological polar surface area (TPSA) is 126 Å². The van der Waals surface area contributed by atoms with Crippen LogP contribution < -0.4 is 4.74 Å². The predicted molar refractivity (Wildman–Crippen MR) is 116 cm³/mol. The number of non-ortho nitro benzene ring substituents is 1. The first-order chi connectivity index (χ1) is 15.3. The molecule has 32 heavy (non-hydrogen) atoms. The lowest BCUT2D eigenvalue weighted by atomic mass is 9.96. The lowest BCUT2D eigenvalue weighted by Crippen LogP contribution is -2.32. The number of H-pyrrole nitrogens is 1. The lowest BCUT2D eigenvalue weighted by Gasteiger charge is -2.26. The van der Waals surface area contributed by atoms with Crippen molar-refractivity contribution in [3.63, 3.8) is 0 Å². The molecule has 9 nitrogen and oxygen atoms in total. The number of ketones is 1. The highest BCUT2D eigenvalue weighted by atomic mass is 16.6. The molecule has 3 aromatic rings. The summed E-state index contributed by atoms with van der Waals surface area (Å²) in [5.41, 5.74) is 2.27. The van der Waals surface area contributed by atoms with Crippen molar-refractivity contribution in [2.24, 2.45) is 0 Å². The molecule has 1 amide bonds. The van der Waals surface area contributed by atoms with Gasteiger partial charge in [-0.25, -0.2) is 0 Å². The van der Waals surface area contributed by atoms with Crippen molar-refractivity contribution in [3.05, 3.63) is 81.2 Å². The van der Waals surface area contributed by atoms with Crippen LogP contribution in [0.5, 0.6) is 5.75 Å². The Morgan fingerprint density at radius 1 is 1.25 bits per heavy atom. The van der Waals surface area contributed by atoms with Gasteiger partial charge in [-0.15, -0.1) is 0 Å². The standard InChI is InChI=1S/C23H21N3O6/c1-13(27)20-21(14-3-5-16(6-4-14)26(30)31)25(23(29)22(20)28)10-9-15-12-24-19-8-7-17(32-2)11-18(15)19/h3-8,11-12,21,24,28H,9-10H2,1-2H3/t21-/m1/s1. The summed E-state index contributed by atoms with van der Waals surface area (Å²) in [6.45, 7) is 1.51. The van der Waals surface area contributed by atoms with Crippen molar-refractivity contribution in [3.8, 4) is 5.75 Å². The molecule has 1 atom stereocenters. The smallest absolute Gasteiger partial charge is 0.290 e. The summed E-state index contributed by atoms with van der Waals surface area (Å²) in [5.74, 6) is -0.950. The van der Waals surface area contributed by atoms with Gasteiger partial charge in [-0.05, 0) is 54.8 Å². The van der Waals surface area contributed by atoms with E-state index < -0.39 is 28.4 Å². The van der Waals surface area contributed by atoms with Gasteiger partial charge < -0.3 is 19.7 Å². The van der Waals surface area contributed by atoms with Crippen LogP contribution in [0.3, 0.4) is 0 Å². The third-order valence-electron chi connectivity index (χ3n) is 5.70. The van der Waals surface area contributed by atoms with E-state index in [0.717, 1.165) is 16.5 Å². The number of nitro groups is 1. The van der Waals surface area contributed by atoms with Gasteiger partial charge in [0, 0.05) is 35.8 Å². The van der Waals surface area contributed by atoms with E-state index in [1.165, 1.54) is 36.1 Å². The zero-order chi connectivity index (χ0) is 23.0. The number of methoxy groups -OCH3 is 1. The van der Waals surface area contributed by atoms with Gasteiger partial charge in [-0.3, -0.25) is 19.7 Å². The number of ether oxygens (including phenoxy) is 1. The van der Waals surface area contributed by atoms with E-state index in [1.807, 2.05) is 24.4 Å². The van der Waals surface area contributed by atoms with Crippen LogP contribution in [0.4, 0.5) is 5.69 Å². The van der Waals surface area contributed by atoms with E-state index in [9.17, 15) is 24.8 Å². The van der Waals surface area contributed by atoms with Crippen molar-refractivity contribution in [2.45, 2.75) is 19.4 Å². The summed E-state index contributed by atoms with van der Waals surface area (Å²) >= 11 is 0. The third kappa shape index (κ3) is 3.58. The second kappa shape index (κ2) is 8.18. The summed E-state index contributed by atoms with van der Waals surface area (Å²) in [6.07, 6.45) is 2.31. The average Bonchev–Trinajstić information content (AvgIpc) is 3.30. The van der Waals surface area contributed by atoms with Crippen molar-refractivity contribution < 1.29 is 24.4 Å². The molecule has 9 heteroatoms. The molecule has 2 aromatic carbocycles. The first-order valence-corrected chi connectivity index (χ1v) is 9.95. The number of nitrogens with one attached hydrogen (secondary N) is 1. The number of nitrogens with zero attached hydrogens (tertiary/aromatic N) is 2. The van der Waals surface area contributed by atoms with Gasteiger partial charge in [0.05, 0.1) is 23.6 Å². The first-order valence-electron chi connectivity index (χ1n) is 9.95. The third-order valence-corrected chi connectivity index (χ3v) is 5.70. The highest BCUT2D eigenvalue weighted by molar-refractivity contribution is 6.08. The van der Waals surface area contributed by atoms with Crippen LogP contribution in [0, 0.1) is 10.1 Å². The van der Waals surface area contributed by atoms with Gasteiger partial charge in [0.2, 0.25) is 0 Å². The molecule has 0 bridgehead atoms. The number of Topliss-reactive ketones (excluding diaryl/α,β-unsaturated/α-hetero) is 1. The number of nitro benzene ring substituents is 1. The van der Waals surface area contributed by atoms with Gasteiger partial charge in [0.1, 0.15) is 5.75 Å². The van der Waals surface area contributed by atoms with Crippen LogP contribution >= 0.6 is 0 Å². The molecule has 0 fully saturated rings. The molecule has 0 spiro atoms. The molecule has 4 rings (SSSR count). The Hall–Kier alpha value is -4.14. The van der Waals surface area contributed by atoms with Crippen LogP contribution in [0.2, 0.25) is 0 Å². The molecule has 2 N–H and O–H groups in total. The number of carbonyl (C=O) groups excluding carboxylic acids is 2. The van der Waals surface area contributed by atoms with Crippen LogP contribution in [-0.4, -0.2) is 45.3 Å². The number of carbonyl (C=O) groups is 2. The molecule has 1 aliphatic rings. The zero-order valence-corrected chi connectivity index (χ0v) is 17.5. The number of amides is 1. The number of rotatable bonds is 7. The number of benzene rings is 2. The van der Waals surface area contributed by atoms with Crippen LogP contribution in [0.15, 0.2) is 60.0 Å². The Balaban J connectivity index is 1.66. The van der Waals surface area contributed by atoms with Gasteiger partial charge in [0.15, 0.2) is 11.5 Å². The Morgan fingerprint density at radius 3 is 2.59 bits per heavy atom. The second-order valence-electron chi connectivity index (χ2n) is 7.54. The minimum absolute atomic E-state index is 0.00977. The molecule has 2 heterocycles. The maximum atomic E-state index is 12.8. The molecule has 0 saturated heterocycles. The van der Waals surface area contributed by atoms with Gasteiger partial charge in [-0.1, -0.05) is 0 Å². The number of aromatic amines is 1. The minimum atomic E-state index is -0.819. The number of hydrogen-bond donors (Lipinski definition) is 2. The van der Waals surface area contributed by atoms with Gasteiger partial charge in [-0.2, -0.15) is 0 Å². The number of aliphatic hydroxyl groups excluding tert-OH is 1.